The predicted molar refractivity (Wildman–Crippen MR) is 79.0 cm³/mol. The molecule has 1 amide bonds. The monoisotopic (exact) mass is 276 g/mol. The Balaban J connectivity index is 1.35. The number of hydrogen-bond acceptors (Lipinski definition) is 2. The molecule has 5 fully saturated rings. The molecule has 3 nitrogen and oxygen atoms in total. The maximum absolute atomic E-state index is 12.4. The Hall–Kier alpha value is -0.570. The van der Waals surface area contributed by atoms with Crippen LogP contribution in [0.15, 0.2) is 0 Å². The van der Waals surface area contributed by atoms with Gasteiger partial charge in [-0.2, -0.15) is 0 Å². The van der Waals surface area contributed by atoms with Crippen LogP contribution in [0.1, 0.15) is 57.8 Å². The topological polar surface area (TPSA) is 55.1 Å². The summed E-state index contributed by atoms with van der Waals surface area (Å²) in [5.74, 6) is 3.11. The Morgan fingerprint density at radius 3 is 2.05 bits per heavy atom. The van der Waals surface area contributed by atoms with Gasteiger partial charge in [0.1, 0.15) is 0 Å². The summed E-state index contributed by atoms with van der Waals surface area (Å²) in [6.07, 6.45) is 11.5. The Kier molecular flexibility index (Phi) is 2.93. The minimum Gasteiger partial charge on any atom is -0.355 e. The van der Waals surface area contributed by atoms with Crippen molar-refractivity contribution in [3.63, 3.8) is 0 Å². The van der Waals surface area contributed by atoms with Crippen molar-refractivity contribution < 1.29 is 4.79 Å². The van der Waals surface area contributed by atoms with E-state index < -0.39 is 0 Å². The van der Waals surface area contributed by atoms with E-state index in [0.29, 0.717) is 11.3 Å². The number of carbonyl (C=O) groups is 1. The highest BCUT2D eigenvalue weighted by Gasteiger charge is 2.51. The zero-order valence-corrected chi connectivity index (χ0v) is 12.5. The molecule has 0 aliphatic heterocycles. The fourth-order valence-electron chi connectivity index (χ4n) is 5.83. The second-order valence-electron chi connectivity index (χ2n) is 8.58. The van der Waals surface area contributed by atoms with E-state index in [1.54, 1.807) is 0 Å². The molecule has 3 heteroatoms. The summed E-state index contributed by atoms with van der Waals surface area (Å²) >= 11 is 0. The summed E-state index contributed by atoms with van der Waals surface area (Å²) in [6, 6.07) is 0. The lowest BCUT2D eigenvalue weighted by Crippen LogP contribution is -2.48. The molecule has 0 aromatic rings. The normalized spacial score (nSPS) is 43.5. The van der Waals surface area contributed by atoms with E-state index in [1.165, 1.54) is 51.4 Å². The Morgan fingerprint density at radius 2 is 1.60 bits per heavy atom. The number of amides is 1. The van der Waals surface area contributed by atoms with Crippen LogP contribution in [0, 0.1) is 28.6 Å². The zero-order valence-electron chi connectivity index (χ0n) is 12.5. The first-order valence-electron chi connectivity index (χ1n) is 8.57. The van der Waals surface area contributed by atoms with Gasteiger partial charge in [0.05, 0.1) is 0 Å². The molecule has 5 rings (SSSR count). The van der Waals surface area contributed by atoms with E-state index in [4.69, 9.17) is 5.73 Å². The molecule has 3 N–H and O–H groups in total. The van der Waals surface area contributed by atoms with Crippen LogP contribution in [0.5, 0.6) is 0 Å². The van der Waals surface area contributed by atoms with Gasteiger partial charge in [0.25, 0.3) is 0 Å². The molecular formula is C17H28N2O. The fraction of sp³-hybridized carbons (Fsp3) is 0.941. The van der Waals surface area contributed by atoms with Crippen LogP contribution in [0.3, 0.4) is 0 Å². The summed E-state index contributed by atoms with van der Waals surface area (Å²) in [4.78, 5) is 12.4. The van der Waals surface area contributed by atoms with E-state index in [9.17, 15) is 4.79 Å². The molecule has 0 spiro atoms. The number of nitrogens with one attached hydrogen (secondary N) is 1. The van der Waals surface area contributed by atoms with Crippen LogP contribution in [-0.2, 0) is 4.79 Å². The molecule has 0 aromatic carbocycles. The van der Waals surface area contributed by atoms with Gasteiger partial charge in [0.15, 0.2) is 0 Å². The van der Waals surface area contributed by atoms with Crippen molar-refractivity contribution in [1.29, 1.82) is 0 Å². The van der Waals surface area contributed by atoms with Crippen molar-refractivity contribution in [2.45, 2.75) is 57.8 Å². The first-order valence-corrected chi connectivity index (χ1v) is 8.57. The molecule has 0 unspecified atom stereocenters. The molecule has 0 heterocycles. The lowest BCUT2D eigenvalue weighted by molar-refractivity contribution is -0.129. The molecule has 0 aromatic heterocycles. The van der Waals surface area contributed by atoms with Gasteiger partial charge in [-0.05, 0) is 86.5 Å². The third kappa shape index (κ3) is 2.28. The number of rotatable bonds is 5. The number of hydrogen-bond donors (Lipinski definition) is 2. The molecule has 20 heavy (non-hydrogen) atoms. The highest BCUT2D eigenvalue weighted by atomic mass is 16.1. The first kappa shape index (κ1) is 13.1. The average Bonchev–Trinajstić information content (AvgIpc) is 3.15. The predicted octanol–water partition coefficient (Wildman–Crippen LogP) is 2.45. The maximum atomic E-state index is 12.4. The summed E-state index contributed by atoms with van der Waals surface area (Å²) < 4.78 is 0. The standard InChI is InChI=1S/C17H28N2O/c18-10-16(1-2-16)11-19-15(20)9-17-6-12-3-13(7-17)5-14(4-12)8-17/h12-14H,1-11,18H2,(H,19,20). The van der Waals surface area contributed by atoms with Crippen LogP contribution in [0.4, 0.5) is 0 Å². The number of carbonyl (C=O) groups excluding carboxylic acids is 1. The quantitative estimate of drug-likeness (QED) is 0.810. The van der Waals surface area contributed by atoms with Gasteiger partial charge in [-0.25, -0.2) is 0 Å². The SMILES string of the molecule is NCC1(CNC(=O)CC23CC4CC(CC(C4)C2)C3)CC1. The van der Waals surface area contributed by atoms with Gasteiger partial charge in [-0.1, -0.05) is 0 Å². The van der Waals surface area contributed by atoms with Gasteiger partial charge in [0.2, 0.25) is 5.91 Å². The molecule has 5 saturated carbocycles. The molecule has 5 aliphatic rings. The molecule has 5 aliphatic carbocycles. The Labute approximate surface area is 122 Å². The zero-order chi connectivity index (χ0) is 13.8. The van der Waals surface area contributed by atoms with E-state index in [1.807, 2.05) is 0 Å². The lowest BCUT2D eigenvalue weighted by Gasteiger charge is -2.56. The van der Waals surface area contributed by atoms with Crippen molar-refractivity contribution >= 4 is 5.91 Å². The molecule has 4 bridgehead atoms. The highest BCUT2D eigenvalue weighted by molar-refractivity contribution is 5.76. The summed E-state index contributed by atoms with van der Waals surface area (Å²) in [7, 11) is 0. The third-order valence-corrected chi connectivity index (χ3v) is 6.75. The van der Waals surface area contributed by atoms with E-state index in [0.717, 1.165) is 37.3 Å². The lowest BCUT2D eigenvalue weighted by atomic mass is 9.49. The smallest absolute Gasteiger partial charge is 0.220 e. The molecule has 0 saturated heterocycles. The van der Waals surface area contributed by atoms with E-state index in [2.05, 4.69) is 5.32 Å². The van der Waals surface area contributed by atoms with Crippen molar-refractivity contribution in [3.8, 4) is 0 Å². The maximum Gasteiger partial charge on any atom is 0.220 e. The Bertz CT molecular complexity index is 378. The van der Waals surface area contributed by atoms with Gasteiger partial charge >= 0.3 is 0 Å². The van der Waals surface area contributed by atoms with Gasteiger partial charge < -0.3 is 11.1 Å². The van der Waals surface area contributed by atoms with Crippen molar-refractivity contribution in [2.24, 2.45) is 34.3 Å². The van der Waals surface area contributed by atoms with Crippen molar-refractivity contribution in [1.82, 2.24) is 5.32 Å². The molecule has 0 atom stereocenters. The van der Waals surface area contributed by atoms with Crippen LogP contribution < -0.4 is 11.1 Å². The van der Waals surface area contributed by atoms with Crippen LogP contribution >= 0.6 is 0 Å². The summed E-state index contributed by atoms with van der Waals surface area (Å²) in [5, 5.41) is 3.19. The van der Waals surface area contributed by atoms with Crippen LogP contribution in [0.25, 0.3) is 0 Å². The van der Waals surface area contributed by atoms with Crippen LogP contribution in [-0.4, -0.2) is 19.0 Å². The minimum atomic E-state index is 0.261. The highest BCUT2D eigenvalue weighted by Crippen LogP contribution is 2.61. The molecule has 0 radical (unpaired) electrons. The van der Waals surface area contributed by atoms with Gasteiger partial charge in [-0.15, -0.1) is 0 Å². The summed E-state index contributed by atoms with van der Waals surface area (Å²) in [6.45, 7) is 1.54. The van der Waals surface area contributed by atoms with Crippen molar-refractivity contribution in [3.05, 3.63) is 0 Å². The largest absolute Gasteiger partial charge is 0.355 e. The van der Waals surface area contributed by atoms with Gasteiger partial charge in [-0.3, -0.25) is 4.79 Å². The molecule has 112 valence electrons. The Morgan fingerprint density at radius 1 is 1.05 bits per heavy atom. The van der Waals surface area contributed by atoms with Gasteiger partial charge in [0, 0.05) is 13.0 Å². The van der Waals surface area contributed by atoms with Crippen molar-refractivity contribution in [2.75, 3.05) is 13.1 Å². The molecular weight excluding hydrogens is 248 g/mol. The summed E-state index contributed by atoms with van der Waals surface area (Å²) in [5.41, 5.74) is 6.43. The average molecular weight is 276 g/mol. The fourth-order valence-corrected chi connectivity index (χ4v) is 5.83. The second-order valence-corrected chi connectivity index (χ2v) is 8.58. The number of nitrogens with two attached hydrogens (primary N) is 1. The third-order valence-electron chi connectivity index (χ3n) is 6.75. The van der Waals surface area contributed by atoms with Crippen LogP contribution in [0.2, 0.25) is 0 Å². The second kappa shape index (κ2) is 4.46. The minimum absolute atomic E-state index is 0.261. The van der Waals surface area contributed by atoms with E-state index >= 15 is 0 Å². The first-order chi connectivity index (χ1) is 9.60. The van der Waals surface area contributed by atoms with E-state index in [-0.39, 0.29) is 5.41 Å².